The second-order valence-corrected chi connectivity index (χ2v) is 10.4. The van der Waals surface area contributed by atoms with Crippen LogP contribution in [0.2, 0.25) is 0 Å². The van der Waals surface area contributed by atoms with Crippen molar-refractivity contribution < 1.29 is 38.5 Å². The van der Waals surface area contributed by atoms with Crippen molar-refractivity contribution in [3.63, 3.8) is 0 Å². The van der Waals surface area contributed by atoms with Crippen molar-refractivity contribution in [2.24, 2.45) is 0 Å². The van der Waals surface area contributed by atoms with Gasteiger partial charge in [-0.15, -0.1) is 0 Å². The Morgan fingerprint density at radius 1 is 0.743 bits per heavy atom. The molecule has 0 saturated carbocycles. The summed E-state index contributed by atoms with van der Waals surface area (Å²) in [7, 11) is 8.75. The fraction of sp³-hybridized carbons (Fsp3) is 0.826. The van der Waals surface area contributed by atoms with E-state index in [-0.39, 0.29) is 0 Å². The highest BCUT2D eigenvalue weighted by Gasteiger charge is 2.25. The summed E-state index contributed by atoms with van der Waals surface area (Å²) in [5.74, 6) is -1.53. The molecule has 0 fully saturated rings. The average Bonchev–Trinajstić information content (AvgIpc) is 2.64. The largest absolute Gasteiger partial charge is 0.480 e. The summed E-state index contributed by atoms with van der Waals surface area (Å²) in [5.41, 5.74) is -1.22. The first-order chi connectivity index (χ1) is 15.8. The molecule has 0 saturated heterocycles. The number of nitrogens with zero attached hydrogens (tertiary/aromatic N) is 2. The number of esters is 1. The van der Waals surface area contributed by atoms with Gasteiger partial charge in [0.05, 0.1) is 7.11 Å². The van der Waals surface area contributed by atoms with Gasteiger partial charge in [-0.2, -0.15) is 0 Å². The number of carbonyl (C=O) groups is 4. The van der Waals surface area contributed by atoms with E-state index >= 15 is 0 Å². The smallest absolute Gasteiger partial charge is 0.408 e. The molecule has 206 valence electrons. The van der Waals surface area contributed by atoms with Crippen LogP contribution in [0.15, 0.2) is 0 Å². The van der Waals surface area contributed by atoms with Crippen LogP contribution < -0.4 is 10.6 Å². The highest BCUT2D eigenvalue weighted by Crippen LogP contribution is 2.08. The molecule has 0 heterocycles. The Balaban J connectivity index is 0. The summed E-state index contributed by atoms with van der Waals surface area (Å²) in [6, 6.07) is -1.61. The first-order valence-corrected chi connectivity index (χ1v) is 11.4. The van der Waals surface area contributed by atoms with Crippen molar-refractivity contribution in [1.29, 1.82) is 0 Å². The third kappa shape index (κ3) is 21.7. The zero-order valence-corrected chi connectivity index (χ0v) is 23.2. The second-order valence-electron chi connectivity index (χ2n) is 10.4. The minimum atomic E-state index is -1.06. The van der Waals surface area contributed by atoms with Crippen molar-refractivity contribution in [2.45, 2.75) is 77.7 Å². The number of amides is 2. The van der Waals surface area contributed by atoms with Gasteiger partial charge in [-0.1, -0.05) is 0 Å². The van der Waals surface area contributed by atoms with E-state index in [1.54, 1.807) is 41.5 Å². The van der Waals surface area contributed by atoms with E-state index in [0.29, 0.717) is 25.9 Å². The van der Waals surface area contributed by atoms with Crippen LogP contribution in [0.1, 0.15) is 54.4 Å². The van der Waals surface area contributed by atoms with Gasteiger partial charge in [0.25, 0.3) is 0 Å². The summed E-state index contributed by atoms with van der Waals surface area (Å²) in [6.07, 6.45) is -0.513. The standard InChI is InChI=1S/C12H24N2O4.C11H22N2O4/c1-12(2,3)18-11(16)13-9(10(15)17-6)7-8-14(4)5;1-11(2,3)17-10(16)12-8(9(14)15)6-7-13(4)5/h9H,7-8H2,1-6H3,(H,13,16);8H,6-7H2,1-5H3,(H,12,16)(H,14,15)/t9-;8-/m00/s1. The van der Waals surface area contributed by atoms with E-state index in [4.69, 9.17) is 14.6 Å². The van der Waals surface area contributed by atoms with Crippen molar-refractivity contribution in [3.05, 3.63) is 0 Å². The van der Waals surface area contributed by atoms with Gasteiger partial charge in [-0.25, -0.2) is 19.2 Å². The van der Waals surface area contributed by atoms with Gasteiger partial charge in [0.2, 0.25) is 0 Å². The molecule has 0 aromatic rings. The van der Waals surface area contributed by atoms with E-state index in [1.807, 2.05) is 38.0 Å². The molecule has 35 heavy (non-hydrogen) atoms. The lowest BCUT2D eigenvalue weighted by Crippen LogP contribution is -2.45. The molecular formula is C23H46N4O8. The van der Waals surface area contributed by atoms with E-state index in [0.717, 1.165) is 0 Å². The maximum Gasteiger partial charge on any atom is 0.408 e. The summed E-state index contributed by atoms with van der Waals surface area (Å²) in [4.78, 5) is 49.2. The minimum Gasteiger partial charge on any atom is -0.480 e. The average molecular weight is 507 g/mol. The Kier molecular flexibility index (Phi) is 15.9. The molecule has 0 unspecified atom stereocenters. The zero-order chi connectivity index (χ0) is 28.0. The number of nitrogens with one attached hydrogen (secondary N) is 2. The molecule has 0 radical (unpaired) electrons. The van der Waals surface area contributed by atoms with Crippen molar-refractivity contribution in [3.8, 4) is 0 Å². The second kappa shape index (κ2) is 16.1. The highest BCUT2D eigenvalue weighted by molar-refractivity contribution is 5.81. The first kappa shape index (κ1) is 34.6. The predicted octanol–water partition coefficient (Wildman–Crippen LogP) is 1.92. The number of carboxylic acid groups (broad SMARTS) is 1. The van der Waals surface area contributed by atoms with E-state index in [9.17, 15) is 19.2 Å². The first-order valence-electron chi connectivity index (χ1n) is 11.4. The number of carbonyl (C=O) groups excluding carboxylic acids is 3. The molecule has 0 aliphatic carbocycles. The summed E-state index contributed by atoms with van der Waals surface area (Å²) in [5, 5.41) is 13.8. The van der Waals surface area contributed by atoms with Gasteiger partial charge in [0, 0.05) is 13.1 Å². The number of hydrogen-bond acceptors (Lipinski definition) is 9. The topological polar surface area (TPSA) is 147 Å². The highest BCUT2D eigenvalue weighted by atomic mass is 16.6. The quantitative estimate of drug-likeness (QED) is 0.296. The molecule has 0 aliphatic heterocycles. The van der Waals surface area contributed by atoms with Gasteiger partial charge >= 0.3 is 24.1 Å². The van der Waals surface area contributed by atoms with Crippen LogP contribution in [0.25, 0.3) is 0 Å². The molecule has 0 bridgehead atoms. The number of rotatable bonds is 10. The molecule has 12 nitrogen and oxygen atoms in total. The number of aliphatic carboxylic acids is 1. The Bertz CT molecular complexity index is 669. The molecule has 0 rings (SSSR count). The molecule has 0 aliphatic rings. The third-order valence-corrected chi connectivity index (χ3v) is 3.90. The van der Waals surface area contributed by atoms with Crippen LogP contribution in [0.5, 0.6) is 0 Å². The Morgan fingerprint density at radius 3 is 1.37 bits per heavy atom. The molecular weight excluding hydrogens is 460 g/mol. The number of methoxy groups -OCH3 is 1. The lowest BCUT2D eigenvalue weighted by molar-refractivity contribution is -0.143. The van der Waals surface area contributed by atoms with Crippen LogP contribution in [0, 0.1) is 0 Å². The monoisotopic (exact) mass is 506 g/mol. The lowest BCUT2D eigenvalue weighted by Gasteiger charge is -2.23. The molecule has 0 aromatic carbocycles. The molecule has 2 atom stereocenters. The Hall–Kier alpha value is -2.60. The third-order valence-electron chi connectivity index (χ3n) is 3.90. The Morgan fingerprint density at radius 2 is 1.09 bits per heavy atom. The van der Waals surface area contributed by atoms with Crippen LogP contribution >= 0.6 is 0 Å². The minimum absolute atomic E-state index is 0.335. The molecule has 0 aromatic heterocycles. The van der Waals surface area contributed by atoms with Crippen LogP contribution in [-0.2, 0) is 23.8 Å². The van der Waals surface area contributed by atoms with Gasteiger partial charge < -0.3 is 39.8 Å². The van der Waals surface area contributed by atoms with E-state index < -0.39 is 47.4 Å². The van der Waals surface area contributed by atoms with Gasteiger partial charge in [0.15, 0.2) is 0 Å². The number of hydrogen-bond donors (Lipinski definition) is 3. The van der Waals surface area contributed by atoms with Gasteiger partial charge in [-0.05, 0) is 82.6 Å². The van der Waals surface area contributed by atoms with Crippen LogP contribution in [-0.4, -0.2) is 111 Å². The molecule has 2 amide bonds. The van der Waals surface area contributed by atoms with Crippen molar-refractivity contribution in [1.82, 2.24) is 20.4 Å². The fourth-order valence-electron chi connectivity index (χ4n) is 2.32. The summed E-state index contributed by atoms with van der Waals surface area (Å²) in [6.45, 7) is 11.7. The molecule has 3 N–H and O–H groups in total. The summed E-state index contributed by atoms with van der Waals surface area (Å²) < 4.78 is 14.7. The normalized spacial score (nSPS) is 13.2. The lowest BCUT2D eigenvalue weighted by atomic mass is 10.2. The Labute approximate surface area is 209 Å². The SMILES string of the molecule is CN(C)CC[C@H](NC(=O)OC(C)(C)C)C(=O)O.COC(=O)[C@H](CCN(C)C)NC(=O)OC(C)(C)C. The number of alkyl carbamates (subject to hydrolysis) is 2. The molecule has 0 spiro atoms. The predicted molar refractivity (Wildman–Crippen MR) is 132 cm³/mol. The molecule has 12 heteroatoms. The van der Waals surface area contributed by atoms with Crippen LogP contribution in [0.3, 0.4) is 0 Å². The maximum absolute atomic E-state index is 11.6. The zero-order valence-electron chi connectivity index (χ0n) is 23.2. The van der Waals surface area contributed by atoms with E-state index in [2.05, 4.69) is 15.4 Å². The number of carboxylic acids is 1. The van der Waals surface area contributed by atoms with Crippen LogP contribution in [0.4, 0.5) is 9.59 Å². The van der Waals surface area contributed by atoms with Gasteiger partial charge in [-0.3, -0.25) is 0 Å². The maximum atomic E-state index is 11.6. The van der Waals surface area contributed by atoms with E-state index in [1.165, 1.54) is 7.11 Å². The number of ether oxygens (including phenoxy) is 3. The van der Waals surface area contributed by atoms with Crippen molar-refractivity contribution >= 4 is 24.1 Å². The van der Waals surface area contributed by atoms with Crippen molar-refractivity contribution in [2.75, 3.05) is 48.4 Å². The summed E-state index contributed by atoms with van der Waals surface area (Å²) >= 11 is 0. The van der Waals surface area contributed by atoms with Gasteiger partial charge in [0.1, 0.15) is 23.3 Å². The fourth-order valence-corrected chi connectivity index (χ4v) is 2.32.